The first-order chi connectivity index (χ1) is 29.7. The number of hydrogen-bond acceptors (Lipinski definition) is 5. The van der Waals surface area contributed by atoms with Gasteiger partial charge in [-0.25, -0.2) is 15.0 Å². The molecule has 280 valence electrons. The molecule has 0 radical (unpaired) electrons. The molecule has 0 unspecified atom stereocenters. The summed E-state index contributed by atoms with van der Waals surface area (Å²) in [6.07, 6.45) is 3.59. The van der Waals surface area contributed by atoms with Crippen LogP contribution in [0.1, 0.15) is 0 Å². The summed E-state index contributed by atoms with van der Waals surface area (Å²) in [5.41, 5.74) is 12.0. The minimum atomic E-state index is 0.534. The maximum absolute atomic E-state index is 6.45. The minimum absolute atomic E-state index is 0.534. The molecule has 0 amide bonds. The number of benzene rings is 8. The average Bonchev–Trinajstić information content (AvgIpc) is 3.88. The third-order valence-electron chi connectivity index (χ3n) is 11.6. The first-order valence-electron chi connectivity index (χ1n) is 20.0. The molecular formula is C54H33N5O. The van der Waals surface area contributed by atoms with E-state index < -0.39 is 0 Å². The van der Waals surface area contributed by atoms with Crippen LogP contribution >= 0.6 is 0 Å². The Labute approximate surface area is 344 Å². The van der Waals surface area contributed by atoms with E-state index in [1.807, 2.05) is 24.4 Å². The van der Waals surface area contributed by atoms with Gasteiger partial charge in [0.2, 0.25) is 0 Å². The number of aromatic nitrogens is 5. The van der Waals surface area contributed by atoms with Crippen molar-refractivity contribution in [1.82, 2.24) is 24.5 Å². The van der Waals surface area contributed by atoms with Crippen molar-refractivity contribution in [3.05, 3.63) is 200 Å². The standard InChI is InChI=1S/C54H33N5O/c1-2-14-41-35(10-1)11-8-17-42(41)36-22-24-37(25-23-36)52-56-53(58-54(57-52)46-19-9-18-45-47-33-55-31-30-50(47)60-51(45)46)39-13-7-12-38(32-39)34-26-28-40(29-27-34)59-48-20-5-3-15-43(48)44-16-4-6-21-49(44)59/h1-33H. The molecule has 0 bridgehead atoms. The fraction of sp³-hybridized carbons (Fsp3) is 0. The van der Waals surface area contributed by atoms with E-state index in [0.29, 0.717) is 23.1 Å². The number of nitrogens with zero attached hydrogens (tertiary/aromatic N) is 5. The Kier molecular flexibility index (Phi) is 7.74. The lowest BCUT2D eigenvalue weighted by Crippen LogP contribution is -2.00. The fourth-order valence-corrected chi connectivity index (χ4v) is 8.69. The summed E-state index contributed by atoms with van der Waals surface area (Å²) in [5, 5.41) is 6.83. The Morgan fingerprint density at radius 1 is 0.383 bits per heavy atom. The van der Waals surface area contributed by atoms with Crippen LogP contribution in [-0.4, -0.2) is 24.5 Å². The van der Waals surface area contributed by atoms with Gasteiger partial charge in [0.25, 0.3) is 0 Å². The first kappa shape index (κ1) is 33.9. The number of fused-ring (bicyclic) bond motifs is 7. The van der Waals surface area contributed by atoms with Crippen molar-refractivity contribution in [2.24, 2.45) is 0 Å². The number of rotatable bonds is 6. The van der Waals surface area contributed by atoms with Crippen LogP contribution in [0, 0.1) is 0 Å². The number of pyridine rings is 1. The summed E-state index contributed by atoms with van der Waals surface area (Å²) >= 11 is 0. The highest BCUT2D eigenvalue weighted by molar-refractivity contribution is 6.10. The number of para-hydroxylation sites is 3. The quantitative estimate of drug-likeness (QED) is 0.168. The van der Waals surface area contributed by atoms with Gasteiger partial charge in [0.1, 0.15) is 11.2 Å². The van der Waals surface area contributed by atoms with Crippen molar-refractivity contribution in [1.29, 1.82) is 0 Å². The Morgan fingerprint density at radius 3 is 1.77 bits per heavy atom. The van der Waals surface area contributed by atoms with E-state index in [1.165, 1.54) is 38.1 Å². The molecular weight excluding hydrogens is 735 g/mol. The highest BCUT2D eigenvalue weighted by Gasteiger charge is 2.19. The third-order valence-corrected chi connectivity index (χ3v) is 11.6. The summed E-state index contributed by atoms with van der Waals surface area (Å²) in [6.45, 7) is 0. The van der Waals surface area contributed by atoms with Crippen molar-refractivity contribution >= 4 is 54.5 Å². The fourth-order valence-electron chi connectivity index (χ4n) is 8.69. The second kappa shape index (κ2) is 13.7. The largest absolute Gasteiger partial charge is 0.455 e. The normalized spacial score (nSPS) is 11.7. The Hall–Kier alpha value is -8.22. The van der Waals surface area contributed by atoms with Crippen LogP contribution in [0.5, 0.6) is 0 Å². The van der Waals surface area contributed by atoms with Gasteiger partial charge in [0.15, 0.2) is 17.5 Å². The van der Waals surface area contributed by atoms with Crippen molar-refractivity contribution in [2.45, 2.75) is 0 Å². The molecule has 0 atom stereocenters. The summed E-state index contributed by atoms with van der Waals surface area (Å²) < 4.78 is 8.79. The molecule has 4 aromatic heterocycles. The van der Waals surface area contributed by atoms with Crippen LogP contribution in [0.4, 0.5) is 0 Å². The van der Waals surface area contributed by atoms with E-state index in [-0.39, 0.29) is 0 Å². The summed E-state index contributed by atoms with van der Waals surface area (Å²) in [5.74, 6) is 1.69. The van der Waals surface area contributed by atoms with Crippen molar-refractivity contribution in [3.8, 4) is 62.1 Å². The van der Waals surface area contributed by atoms with E-state index in [0.717, 1.165) is 55.4 Å². The van der Waals surface area contributed by atoms with Crippen LogP contribution in [0.15, 0.2) is 205 Å². The molecule has 0 N–H and O–H groups in total. The topological polar surface area (TPSA) is 69.6 Å². The van der Waals surface area contributed by atoms with Gasteiger partial charge in [0.05, 0.1) is 16.6 Å². The lowest BCUT2D eigenvalue weighted by Gasteiger charge is -2.12. The lowest BCUT2D eigenvalue weighted by molar-refractivity contribution is 0.669. The Bertz CT molecular complexity index is 3540. The molecule has 0 saturated carbocycles. The van der Waals surface area contributed by atoms with Crippen LogP contribution in [-0.2, 0) is 0 Å². The number of hydrogen-bond donors (Lipinski definition) is 0. The lowest BCUT2D eigenvalue weighted by atomic mass is 9.97. The summed E-state index contributed by atoms with van der Waals surface area (Å²) in [6, 6.07) is 65.8. The van der Waals surface area contributed by atoms with E-state index in [1.54, 1.807) is 6.20 Å². The van der Waals surface area contributed by atoms with Gasteiger partial charge in [-0.2, -0.15) is 0 Å². The van der Waals surface area contributed by atoms with Gasteiger partial charge >= 0.3 is 0 Å². The van der Waals surface area contributed by atoms with E-state index >= 15 is 0 Å². The summed E-state index contributed by atoms with van der Waals surface area (Å²) in [4.78, 5) is 19.8. The molecule has 8 aromatic carbocycles. The molecule has 4 heterocycles. The minimum Gasteiger partial charge on any atom is -0.455 e. The maximum Gasteiger partial charge on any atom is 0.167 e. The molecule has 6 nitrogen and oxygen atoms in total. The van der Waals surface area contributed by atoms with Gasteiger partial charge in [-0.15, -0.1) is 0 Å². The smallest absolute Gasteiger partial charge is 0.167 e. The van der Waals surface area contributed by atoms with E-state index in [4.69, 9.17) is 19.4 Å². The molecule has 0 aliphatic carbocycles. The van der Waals surface area contributed by atoms with Crippen molar-refractivity contribution in [3.63, 3.8) is 0 Å². The highest BCUT2D eigenvalue weighted by atomic mass is 16.3. The zero-order valence-corrected chi connectivity index (χ0v) is 32.2. The van der Waals surface area contributed by atoms with Gasteiger partial charge in [0, 0.05) is 50.8 Å². The van der Waals surface area contributed by atoms with Gasteiger partial charge < -0.3 is 8.98 Å². The summed E-state index contributed by atoms with van der Waals surface area (Å²) in [7, 11) is 0. The monoisotopic (exact) mass is 767 g/mol. The van der Waals surface area contributed by atoms with Crippen LogP contribution < -0.4 is 0 Å². The average molecular weight is 768 g/mol. The molecule has 0 spiro atoms. The van der Waals surface area contributed by atoms with Crippen LogP contribution in [0.3, 0.4) is 0 Å². The second-order valence-corrected chi connectivity index (χ2v) is 15.1. The molecule has 0 aliphatic rings. The van der Waals surface area contributed by atoms with Gasteiger partial charge in [-0.3, -0.25) is 4.98 Å². The molecule has 6 heteroatoms. The molecule has 12 rings (SSSR count). The van der Waals surface area contributed by atoms with Crippen molar-refractivity contribution in [2.75, 3.05) is 0 Å². The first-order valence-corrected chi connectivity index (χ1v) is 20.0. The Morgan fingerprint density at radius 2 is 0.967 bits per heavy atom. The van der Waals surface area contributed by atoms with Crippen LogP contribution in [0.2, 0.25) is 0 Å². The van der Waals surface area contributed by atoms with E-state index in [2.05, 4.69) is 179 Å². The van der Waals surface area contributed by atoms with Gasteiger partial charge in [-0.1, -0.05) is 146 Å². The SMILES string of the molecule is c1cc(-c2ccc(-n3c4ccccc4c4ccccc43)cc2)cc(-c2nc(-c3ccc(-c4cccc5ccccc45)cc3)nc(-c3cccc4c3oc3ccncc34)n2)c1. The van der Waals surface area contributed by atoms with Gasteiger partial charge in [-0.05, 0) is 75.5 Å². The van der Waals surface area contributed by atoms with E-state index in [9.17, 15) is 0 Å². The molecule has 12 aromatic rings. The zero-order valence-electron chi connectivity index (χ0n) is 32.2. The molecule has 0 saturated heterocycles. The maximum atomic E-state index is 6.45. The predicted octanol–water partition coefficient (Wildman–Crippen LogP) is 13.8. The third kappa shape index (κ3) is 5.57. The second-order valence-electron chi connectivity index (χ2n) is 15.1. The molecule has 60 heavy (non-hydrogen) atoms. The molecule has 0 aliphatic heterocycles. The van der Waals surface area contributed by atoms with Crippen molar-refractivity contribution < 1.29 is 4.42 Å². The number of furan rings is 1. The van der Waals surface area contributed by atoms with Crippen LogP contribution in [0.25, 0.3) is 117 Å². The predicted molar refractivity (Wildman–Crippen MR) is 244 cm³/mol. The Balaban J connectivity index is 0.967. The highest BCUT2D eigenvalue weighted by Crippen LogP contribution is 2.37. The molecule has 0 fully saturated rings. The zero-order chi connectivity index (χ0) is 39.6.